The molecule has 4 bridgehead atoms. The molecule has 0 amide bonds. The first-order valence-corrected chi connectivity index (χ1v) is 10.4. The molecule has 1 N–H and O–H groups in total. The van der Waals surface area contributed by atoms with E-state index in [1.165, 1.54) is 18.4 Å². The van der Waals surface area contributed by atoms with Crippen molar-refractivity contribution >= 4 is 0 Å². The highest BCUT2D eigenvalue weighted by atomic mass is 16.5. The smallest absolute Gasteiger partial charge is 0.204 e. The van der Waals surface area contributed by atoms with Gasteiger partial charge in [-0.05, 0) is 60.9 Å². The second-order valence-electron chi connectivity index (χ2n) is 7.82. The molecule has 4 heteroatoms. The molecule has 0 heterocycles. The molecule has 0 saturated heterocycles. The van der Waals surface area contributed by atoms with Crippen molar-refractivity contribution in [2.24, 2.45) is 5.92 Å². The Balaban J connectivity index is 2.23. The SMILES string of the molecule is C=CCOc1c2cc(c(OC)c1OC)-c1cc(ccc1O)CCC(C)CCCC2. The van der Waals surface area contributed by atoms with Gasteiger partial charge in [0.05, 0.1) is 14.2 Å². The molecule has 0 radical (unpaired) electrons. The van der Waals surface area contributed by atoms with Crippen molar-refractivity contribution < 1.29 is 19.3 Å². The molecule has 0 saturated carbocycles. The van der Waals surface area contributed by atoms with Gasteiger partial charge in [0.1, 0.15) is 12.4 Å². The topological polar surface area (TPSA) is 47.9 Å². The highest BCUT2D eigenvalue weighted by Gasteiger charge is 2.24. The van der Waals surface area contributed by atoms with Crippen LogP contribution in [0.4, 0.5) is 0 Å². The Hall–Kier alpha value is -2.62. The van der Waals surface area contributed by atoms with Gasteiger partial charge in [-0.15, -0.1) is 0 Å². The highest BCUT2D eigenvalue weighted by molar-refractivity contribution is 5.81. The van der Waals surface area contributed by atoms with Gasteiger partial charge in [0.15, 0.2) is 11.5 Å². The Labute approximate surface area is 174 Å². The molecule has 0 aromatic heterocycles. The summed E-state index contributed by atoms with van der Waals surface area (Å²) in [7, 11) is 3.24. The maximum absolute atomic E-state index is 10.7. The molecule has 0 spiro atoms. The van der Waals surface area contributed by atoms with Crippen LogP contribution in [0.25, 0.3) is 11.1 Å². The summed E-state index contributed by atoms with van der Waals surface area (Å²) < 4.78 is 17.5. The van der Waals surface area contributed by atoms with Crippen molar-refractivity contribution in [3.05, 3.63) is 48.0 Å². The van der Waals surface area contributed by atoms with Gasteiger partial charge >= 0.3 is 0 Å². The molecule has 0 aliphatic heterocycles. The van der Waals surface area contributed by atoms with E-state index in [2.05, 4.69) is 25.6 Å². The van der Waals surface area contributed by atoms with E-state index in [1.54, 1.807) is 26.4 Å². The maximum atomic E-state index is 10.7. The summed E-state index contributed by atoms with van der Waals surface area (Å²) in [5.74, 6) is 2.76. The first-order chi connectivity index (χ1) is 14.1. The number of hydrogen-bond acceptors (Lipinski definition) is 4. The van der Waals surface area contributed by atoms with Gasteiger partial charge in [-0.25, -0.2) is 0 Å². The standard InChI is InChI=1S/C25H32O4/c1-5-14-29-23-19-9-7-6-8-17(2)10-11-18-12-13-22(26)20(15-18)21(16-19)24(27-3)25(23)28-4/h5,12-13,15-17,26H,1,6-11,14H2,2-4H3. The molecular formula is C25H32O4. The summed E-state index contributed by atoms with van der Waals surface area (Å²) >= 11 is 0. The molecule has 156 valence electrons. The van der Waals surface area contributed by atoms with Crippen LogP contribution in [0.15, 0.2) is 36.9 Å². The van der Waals surface area contributed by atoms with E-state index in [9.17, 15) is 5.11 Å². The molecule has 1 unspecified atom stereocenters. The van der Waals surface area contributed by atoms with Gasteiger partial charge in [-0.1, -0.05) is 38.5 Å². The molecule has 0 fully saturated rings. The number of rotatable bonds is 5. The Bertz CT molecular complexity index is 856. The quantitative estimate of drug-likeness (QED) is 0.636. The third-order valence-electron chi connectivity index (χ3n) is 5.69. The number of phenolic OH excluding ortho intramolecular Hbond substituents is 1. The van der Waals surface area contributed by atoms with E-state index in [4.69, 9.17) is 14.2 Å². The monoisotopic (exact) mass is 396 g/mol. The predicted molar refractivity (Wildman–Crippen MR) is 117 cm³/mol. The molecule has 2 aromatic carbocycles. The molecule has 1 atom stereocenters. The van der Waals surface area contributed by atoms with Crippen LogP contribution < -0.4 is 14.2 Å². The largest absolute Gasteiger partial charge is 0.507 e. The number of aryl methyl sites for hydroxylation is 2. The van der Waals surface area contributed by atoms with Gasteiger partial charge in [-0.3, -0.25) is 0 Å². The van der Waals surface area contributed by atoms with Crippen molar-refractivity contribution in [1.82, 2.24) is 0 Å². The van der Waals surface area contributed by atoms with Gasteiger partial charge in [0, 0.05) is 11.1 Å². The van der Waals surface area contributed by atoms with Gasteiger partial charge < -0.3 is 19.3 Å². The zero-order valence-electron chi connectivity index (χ0n) is 17.8. The third-order valence-corrected chi connectivity index (χ3v) is 5.69. The van der Waals surface area contributed by atoms with Crippen molar-refractivity contribution in [1.29, 1.82) is 0 Å². The van der Waals surface area contributed by atoms with Crippen LogP contribution in [-0.4, -0.2) is 25.9 Å². The van der Waals surface area contributed by atoms with Crippen molar-refractivity contribution in [3.8, 4) is 34.1 Å². The summed E-state index contributed by atoms with van der Waals surface area (Å²) in [5, 5.41) is 10.7. The number of phenols is 1. The lowest BCUT2D eigenvalue weighted by molar-refractivity contribution is 0.305. The minimum absolute atomic E-state index is 0.239. The normalized spacial score (nSPS) is 16.7. The average molecular weight is 397 g/mol. The van der Waals surface area contributed by atoms with E-state index < -0.39 is 0 Å². The third kappa shape index (κ3) is 4.69. The number of benzene rings is 2. The minimum Gasteiger partial charge on any atom is -0.507 e. The summed E-state index contributed by atoms with van der Waals surface area (Å²) in [4.78, 5) is 0. The van der Waals surface area contributed by atoms with Crippen LogP contribution in [0, 0.1) is 5.92 Å². The fourth-order valence-corrected chi connectivity index (χ4v) is 4.07. The van der Waals surface area contributed by atoms with E-state index >= 15 is 0 Å². The lowest BCUT2D eigenvalue weighted by Crippen LogP contribution is -2.04. The van der Waals surface area contributed by atoms with Crippen LogP contribution in [-0.2, 0) is 12.8 Å². The Kier molecular flexibility index (Phi) is 7.08. The Morgan fingerprint density at radius 3 is 2.52 bits per heavy atom. The molecule has 29 heavy (non-hydrogen) atoms. The van der Waals surface area contributed by atoms with E-state index in [0.29, 0.717) is 29.8 Å². The van der Waals surface area contributed by atoms with Crippen molar-refractivity contribution in [3.63, 3.8) is 0 Å². The van der Waals surface area contributed by atoms with Gasteiger partial charge in [-0.2, -0.15) is 0 Å². The van der Waals surface area contributed by atoms with Crippen LogP contribution in [0.1, 0.15) is 43.7 Å². The second-order valence-corrected chi connectivity index (χ2v) is 7.82. The molecular weight excluding hydrogens is 364 g/mol. The molecule has 3 rings (SSSR count). The minimum atomic E-state index is 0.239. The molecule has 1 aliphatic carbocycles. The zero-order valence-corrected chi connectivity index (χ0v) is 17.8. The number of fused-ring (bicyclic) bond motifs is 5. The van der Waals surface area contributed by atoms with Gasteiger partial charge in [0.2, 0.25) is 5.75 Å². The number of hydrogen-bond donors (Lipinski definition) is 1. The van der Waals surface area contributed by atoms with Crippen molar-refractivity contribution in [2.75, 3.05) is 20.8 Å². The van der Waals surface area contributed by atoms with E-state index in [-0.39, 0.29) is 5.75 Å². The lowest BCUT2D eigenvalue weighted by Gasteiger charge is -2.21. The highest BCUT2D eigenvalue weighted by Crippen LogP contribution is 2.49. The molecule has 1 aliphatic rings. The number of ether oxygens (including phenoxy) is 3. The second kappa shape index (κ2) is 9.73. The average Bonchev–Trinajstić information content (AvgIpc) is 2.74. The fraction of sp³-hybridized carbons (Fsp3) is 0.440. The Morgan fingerprint density at radius 1 is 1.00 bits per heavy atom. The fourth-order valence-electron chi connectivity index (χ4n) is 4.07. The number of aromatic hydroxyl groups is 1. The van der Waals surface area contributed by atoms with Crippen LogP contribution >= 0.6 is 0 Å². The summed E-state index contributed by atoms with van der Waals surface area (Å²) in [6.07, 6.45) is 8.23. The maximum Gasteiger partial charge on any atom is 0.204 e. The lowest BCUT2D eigenvalue weighted by atomic mass is 9.94. The summed E-state index contributed by atoms with van der Waals surface area (Å²) in [5.41, 5.74) is 3.88. The van der Waals surface area contributed by atoms with E-state index in [0.717, 1.165) is 42.4 Å². The van der Waals surface area contributed by atoms with E-state index in [1.807, 2.05) is 6.07 Å². The first kappa shape index (κ1) is 21.1. The summed E-state index contributed by atoms with van der Waals surface area (Å²) in [6, 6.07) is 7.95. The Morgan fingerprint density at radius 2 is 1.79 bits per heavy atom. The first-order valence-electron chi connectivity index (χ1n) is 10.4. The van der Waals surface area contributed by atoms with Crippen LogP contribution in [0.3, 0.4) is 0 Å². The molecule has 2 aromatic rings. The summed E-state index contributed by atoms with van der Waals surface area (Å²) in [6.45, 7) is 6.48. The van der Waals surface area contributed by atoms with Crippen LogP contribution in [0.5, 0.6) is 23.0 Å². The zero-order chi connectivity index (χ0) is 20.8. The van der Waals surface area contributed by atoms with Crippen molar-refractivity contribution in [2.45, 2.75) is 45.4 Å². The molecule has 4 nitrogen and oxygen atoms in total. The van der Waals surface area contributed by atoms with Gasteiger partial charge in [0.25, 0.3) is 0 Å². The predicted octanol–water partition coefficient (Wildman–Crippen LogP) is 5.94. The van der Waals surface area contributed by atoms with Crippen LogP contribution in [0.2, 0.25) is 0 Å². The number of methoxy groups -OCH3 is 2.